The maximum atomic E-state index is 13.2. The van der Waals surface area contributed by atoms with Crippen molar-refractivity contribution in [3.63, 3.8) is 0 Å². The molecule has 3 rings (SSSR count). The molecule has 0 aliphatic heterocycles. The van der Waals surface area contributed by atoms with Crippen LogP contribution in [0, 0.1) is 5.82 Å². The fourth-order valence-corrected chi connectivity index (χ4v) is 3.81. The van der Waals surface area contributed by atoms with Gasteiger partial charge in [-0.2, -0.15) is 0 Å². The van der Waals surface area contributed by atoms with Crippen molar-refractivity contribution in [3.8, 4) is 0 Å². The lowest BCUT2D eigenvalue weighted by Crippen LogP contribution is -2.39. The van der Waals surface area contributed by atoms with Crippen molar-refractivity contribution in [3.05, 3.63) is 71.0 Å². The van der Waals surface area contributed by atoms with Crippen molar-refractivity contribution >= 4 is 11.9 Å². The van der Waals surface area contributed by atoms with Crippen molar-refractivity contribution < 1.29 is 19.1 Å². The van der Waals surface area contributed by atoms with Gasteiger partial charge in [-0.05, 0) is 42.2 Å². The minimum Gasteiger partial charge on any atom is -0.478 e. The molecule has 0 aromatic heterocycles. The summed E-state index contributed by atoms with van der Waals surface area (Å²) in [5.41, 5.74) is 1.52. The quantitative estimate of drug-likeness (QED) is 0.830. The summed E-state index contributed by atoms with van der Waals surface area (Å²) in [6.45, 7) is 0.479. The standard InChI is InChI=1S/C21H22FNO3/c22-17-9-7-16(8-10-17)21(11-3-4-12-21)14-23-19(24)13-15-5-1-2-6-18(15)20(25)26/h1-2,5-10H,3-4,11-14H2,(H,23,24)(H,25,26). The maximum absolute atomic E-state index is 13.2. The third kappa shape index (κ3) is 3.93. The molecular formula is C21H22FNO3. The van der Waals surface area contributed by atoms with Crippen LogP contribution in [0.4, 0.5) is 4.39 Å². The van der Waals surface area contributed by atoms with Crippen LogP contribution in [0.2, 0.25) is 0 Å². The topological polar surface area (TPSA) is 66.4 Å². The molecule has 2 N–H and O–H groups in total. The van der Waals surface area contributed by atoms with Gasteiger partial charge in [-0.3, -0.25) is 4.79 Å². The van der Waals surface area contributed by atoms with Crippen LogP contribution in [0.1, 0.15) is 47.2 Å². The van der Waals surface area contributed by atoms with E-state index in [9.17, 15) is 19.1 Å². The van der Waals surface area contributed by atoms with Crippen LogP contribution >= 0.6 is 0 Å². The lowest BCUT2D eigenvalue weighted by Gasteiger charge is -2.30. The fraction of sp³-hybridized carbons (Fsp3) is 0.333. The summed E-state index contributed by atoms with van der Waals surface area (Å²) < 4.78 is 13.2. The molecule has 26 heavy (non-hydrogen) atoms. The highest BCUT2D eigenvalue weighted by molar-refractivity contribution is 5.91. The zero-order valence-electron chi connectivity index (χ0n) is 14.5. The molecule has 1 amide bonds. The monoisotopic (exact) mass is 355 g/mol. The van der Waals surface area contributed by atoms with E-state index in [0.29, 0.717) is 12.1 Å². The Morgan fingerprint density at radius 1 is 1.04 bits per heavy atom. The average Bonchev–Trinajstić information content (AvgIpc) is 3.11. The van der Waals surface area contributed by atoms with Gasteiger partial charge >= 0.3 is 5.97 Å². The lowest BCUT2D eigenvalue weighted by molar-refractivity contribution is -0.120. The second-order valence-electron chi connectivity index (χ2n) is 6.91. The Balaban J connectivity index is 1.69. The van der Waals surface area contributed by atoms with Gasteiger partial charge in [0.05, 0.1) is 12.0 Å². The summed E-state index contributed by atoms with van der Waals surface area (Å²) in [4.78, 5) is 23.7. The molecule has 0 spiro atoms. The number of rotatable bonds is 6. The zero-order valence-corrected chi connectivity index (χ0v) is 14.5. The van der Waals surface area contributed by atoms with Gasteiger partial charge in [0.1, 0.15) is 5.82 Å². The first-order valence-corrected chi connectivity index (χ1v) is 8.84. The van der Waals surface area contributed by atoms with E-state index in [1.54, 1.807) is 30.3 Å². The van der Waals surface area contributed by atoms with Gasteiger partial charge in [0.15, 0.2) is 0 Å². The van der Waals surface area contributed by atoms with E-state index in [1.165, 1.54) is 18.2 Å². The van der Waals surface area contributed by atoms with Crippen LogP contribution in [-0.4, -0.2) is 23.5 Å². The molecule has 2 aromatic rings. The van der Waals surface area contributed by atoms with E-state index in [-0.39, 0.29) is 29.1 Å². The number of carbonyl (C=O) groups is 2. The van der Waals surface area contributed by atoms with Gasteiger partial charge in [0, 0.05) is 12.0 Å². The van der Waals surface area contributed by atoms with Crippen molar-refractivity contribution in [1.29, 1.82) is 0 Å². The molecule has 4 nitrogen and oxygen atoms in total. The van der Waals surface area contributed by atoms with E-state index in [1.807, 2.05) is 0 Å². The highest BCUT2D eigenvalue weighted by Gasteiger charge is 2.35. The average molecular weight is 355 g/mol. The van der Waals surface area contributed by atoms with Crippen LogP contribution in [0.15, 0.2) is 48.5 Å². The lowest BCUT2D eigenvalue weighted by atomic mass is 9.78. The van der Waals surface area contributed by atoms with Crippen molar-refractivity contribution in [2.45, 2.75) is 37.5 Å². The van der Waals surface area contributed by atoms with Crippen LogP contribution in [0.3, 0.4) is 0 Å². The molecule has 5 heteroatoms. The number of amides is 1. The first kappa shape index (κ1) is 18.1. The van der Waals surface area contributed by atoms with Gasteiger partial charge < -0.3 is 10.4 Å². The highest BCUT2D eigenvalue weighted by Crippen LogP contribution is 2.40. The summed E-state index contributed by atoms with van der Waals surface area (Å²) in [5.74, 6) is -1.50. The van der Waals surface area contributed by atoms with Crippen LogP contribution in [0.25, 0.3) is 0 Å². The Hall–Kier alpha value is -2.69. The second kappa shape index (κ2) is 7.68. The Kier molecular flexibility index (Phi) is 5.35. The molecule has 0 saturated heterocycles. The van der Waals surface area contributed by atoms with E-state index >= 15 is 0 Å². The van der Waals surface area contributed by atoms with Gasteiger partial charge in [-0.1, -0.05) is 43.2 Å². The number of hydrogen-bond donors (Lipinski definition) is 2. The largest absolute Gasteiger partial charge is 0.478 e. The highest BCUT2D eigenvalue weighted by atomic mass is 19.1. The van der Waals surface area contributed by atoms with Crippen molar-refractivity contribution in [1.82, 2.24) is 5.32 Å². The molecule has 0 bridgehead atoms. The minimum atomic E-state index is -1.04. The Bertz CT molecular complexity index is 795. The second-order valence-corrected chi connectivity index (χ2v) is 6.91. The Labute approximate surface area is 152 Å². The molecule has 0 atom stereocenters. The number of carboxylic acids is 1. The summed E-state index contributed by atoms with van der Waals surface area (Å²) >= 11 is 0. The molecule has 1 fully saturated rings. The van der Waals surface area contributed by atoms with Crippen LogP contribution in [-0.2, 0) is 16.6 Å². The predicted octanol–water partition coefficient (Wildman–Crippen LogP) is 3.69. The van der Waals surface area contributed by atoms with E-state index in [0.717, 1.165) is 31.2 Å². The SMILES string of the molecule is O=C(Cc1ccccc1C(=O)O)NCC1(c2ccc(F)cc2)CCCC1. The molecule has 136 valence electrons. The van der Waals surface area contributed by atoms with Crippen molar-refractivity contribution in [2.24, 2.45) is 0 Å². The van der Waals surface area contributed by atoms with E-state index in [2.05, 4.69) is 5.32 Å². The Morgan fingerprint density at radius 2 is 1.69 bits per heavy atom. The fourth-order valence-electron chi connectivity index (χ4n) is 3.81. The number of halogens is 1. The summed E-state index contributed by atoms with van der Waals surface area (Å²) in [6.07, 6.45) is 4.08. The number of nitrogens with one attached hydrogen (secondary N) is 1. The normalized spacial score (nSPS) is 15.6. The van der Waals surface area contributed by atoms with Crippen molar-refractivity contribution in [2.75, 3.05) is 6.54 Å². The number of carboxylic acid groups (broad SMARTS) is 1. The molecule has 0 unspecified atom stereocenters. The third-order valence-corrected chi connectivity index (χ3v) is 5.24. The summed E-state index contributed by atoms with van der Waals surface area (Å²) in [6, 6.07) is 13.1. The van der Waals surface area contributed by atoms with Crippen LogP contribution < -0.4 is 5.32 Å². The van der Waals surface area contributed by atoms with E-state index < -0.39 is 5.97 Å². The van der Waals surface area contributed by atoms with Crippen LogP contribution in [0.5, 0.6) is 0 Å². The first-order valence-electron chi connectivity index (χ1n) is 8.84. The minimum absolute atomic E-state index is 0.0297. The molecular weight excluding hydrogens is 333 g/mol. The number of carbonyl (C=O) groups excluding carboxylic acids is 1. The van der Waals surface area contributed by atoms with Gasteiger partial charge in [-0.25, -0.2) is 9.18 Å². The molecule has 0 radical (unpaired) electrons. The number of aromatic carboxylic acids is 1. The zero-order chi connectivity index (χ0) is 18.6. The van der Waals surface area contributed by atoms with E-state index in [4.69, 9.17) is 0 Å². The smallest absolute Gasteiger partial charge is 0.335 e. The van der Waals surface area contributed by atoms with Gasteiger partial charge in [0.25, 0.3) is 0 Å². The Morgan fingerprint density at radius 3 is 2.35 bits per heavy atom. The summed E-state index contributed by atoms with van der Waals surface area (Å²) in [5, 5.41) is 12.2. The summed E-state index contributed by atoms with van der Waals surface area (Å²) in [7, 11) is 0. The number of benzene rings is 2. The molecule has 1 aliphatic rings. The maximum Gasteiger partial charge on any atom is 0.335 e. The van der Waals surface area contributed by atoms with Gasteiger partial charge in [-0.15, -0.1) is 0 Å². The number of hydrogen-bond acceptors (Lipinski definition) is 2. The molecule has 1 saturated carbocycles. The third-order valence-electron chi connectivity index (χ3n) is 5.24. The first-order chi connectivity index (χ1) is 12.5. The molecule has 1 aliphatic carbocycles. The van der Waals surface area contributed by atoms with Gasteiger partial charge in [0.2, 0.25) is 5.91 Å². The molecule has 2 aromatic carbocycles. The predicted molar refractivity (Wildman–Crippen MR) is 96.7 cm³/mol. The molecule has 0 heterocycles.